The van der Waals surface area contributed by atoms with Gasteiger partial charge in [0, 0.05) is 13.2 Å². The molecule has 0 fully saturated rings. The van der Waals surface area contributed by atoms with Gasteiger partial charge in [-0.15, -0.1) is 0 Å². The molecule has 0 aromatic heterocycles. The van der Waals surface area contributed by atoms with Crippen LogP contribution in [0, 0.1) is 0 Å². The molecule has 0 saturated carbocycles. The molecule has 0 bridgehead atoms. The van der Waals surface area contributed by atoms with E-state index < -0.39 is 0 Å². The molecule has 0 aliphatic rings. The normalized spacial score (nSPS) is 11.7. The quantitative estimate of drug-likeness (QED) is 0.0690. The van der Waals surface area contributed by atoms with Crippen LogP contribution in [0.2, 0.25) is 0 Å². The monoisotopic (exact) mass is 493 g/mol. The van der Waals surface area contributed by atoms with Gasteiger partial charge in [0.25, 0.3) is 0 Å². The van der Waals surface area contributed by atoms with Gasteiger partial charge in [0.15, 0.2) is 0 Å². The molecule has 0 rings (SSSR count). The Morgan fingerprint density at radius 2 is 0.571 bits per heavy atom. The second kappa shape index (κ2) is 33.7. The van der Waals surface area contributed by atoms with Gasteiger partial charge in [0.05, 0.1) is 0 Å². The summed E-state index contributed by atoms with van der Waals surface area (Å²) in [5.74, 6) is 0. The predicted molar refractivity (Wildman–Crippen MR) is 161 cm³/mol. The summed E-state index contributed by atoms with van der Waals surface area (Å²) in [5, 5.41) is 0. The molecule has 1 heteroatoms. The lowest BCUT2D eigenvalue weighted by atomic mass is 10.0. The van der Waals surface area contributed by atoms with Crippen LogP contribution in [-0.4, -0.2) is 13.2 Å². The van der Waals surface area contributed by atoms with Crippen LogP contribution >= 0.6 is 0 Å². The highest BCUT2D eigenvalue weighted by Gasteiger charge is 1.96. The zero-order valence-corrected chi connectivity index (χ0v) is 24.8. The zero-order valence-electron chi connectivity index (χ0n) is 24.8. The maximum atomic E-state index is 5.85. The lowest BCUT2D eigenvalue weighted by molar-refractivity contribution is 0.125. The third-order valence-corrected chi connectivity index (χ3v) is 7.44. The van der Waals surface area contributed by atoms with Gasteiger partial charge in [0.1, 0.15) is 0 Å². The molecule has 0 radical (unpaired) electrons. The number of rotatable bonds is 31. The Kier molecular flexibility index (Phi) is 33.4. The Morgan fingerprint density at radius 3 is 0.886 bits per heavy atom. The Hall–Kier alpha value is -0.300. The molecule has 0 amide bonds. The van der Waals surface area contributed by atoms with Crippen LogP contribution in [-0.2, 0) is 4.74 Å². The molecule has 0 aromatic rings. The molecule has 0 N–H and O–H groups in total. The molecule has 0 spiro atoms. The molecule has 0 aliphatic carbocycles. The topological polar surface area (TPSA) is 9.23 Å². The first kappa shape index (κ1) is 34.7. The van der Waals surface area contributed by atoms with E-state index in [1.807, 2.05) is 0 Å². The number of allylic oxidation sites excluding steroid dienone is 2. The van der Waals surface area contributed by atoms with Gasteiger partial charge in [-0.05, 0) is 38.5 Å². The fourth-order valence-electron chi connectivity index (χ4n) is 4.95. The van der Waals surface area contributed by atoms with Crippen LogP contribution in [0.3, 0.4) is 0 Å². The molecule has 35 heavy (non-hydrogen) atoms. The van der Waals surface area contributed by atoms with Gasteiger partial charge in [-0.2, -0.15) is 0 Å². The van der Waals surface area contributed by atoms with E-state index in [-0.39, 0.29) is 0 Å². The molecule has 0 aliphatic heterocycles. The van der Waals surface area contributed by atoms with Crippen LogP contribution in [0.4, 0.5) is 0 Å². The second-order valence-electron chi connectivity index (χ2n) is 11.1. The molecule has 0 atom stereocenters. The first-order valence-electron chi connectivity index (χ1n) is 16.6. The van der Waals surface area contributed by atoms with Crippen molar-refractivity contribution in [2.24, 2.45) is 0 Å². The first-order valence-corrected chi connectivity index (χ1v) is 16.6. The summed E-state index contributed by atoms with van der Waals surface area (Å²) in [6, 6.07) is 0. The third kappa shape index (κ3) is 33.7. The van der Waals surface area contributed by atoms with Crippen LogP contribution < -0.4 is 0 Å². The highest BCUT2D eigenvalue weighted by Crippen LogP contribution is 2.13. The highest BCUT2D eigenvalue weighted by atomic mass is 16.5. The molecule has 0 unspecified atom stereocenters. The standard InChI is InChI=1S/C34H68O/c1-3-5-7-9-11-13-15-17-19-20-22-24-26-28-30-32-34-35-33-31-29-27-25-23-21-18-16-14-12-10-8-6-4-2/h17,19H,3-16,18,20-34H2,1-2H3/b19-17-. The Bertz CT molecular complexity index is 375. The van der Waals surface area contributed by atoms with Crippen LogP contribution in [0.1, 0.15) is 194 Å². The minimum atomic E-state index is 0.986. The van der Waals surface area contributed by atoms with E-state index >= 15 is 0 Å². The van der Waals surface area contributed by atoms with Gasteiger partial charge >= 0.3 is 0 Å². The first-order chi connectivity index (χ1) is 17.4. The zero-order chi connectivity index (χ0) is 25.3. The molecule has 0 aromatic carbocycles. The molecule has 210 valence electrons. The van der Waals surface area contributed by atoms with E-state index in [1.54, 1.807) is 0 Å². The van der Waals surface area contributed by atoms with Crippen molar-refractivity contribution in [1.29, 1.82) is 0 Å². The van der Waals surface area contributed by atoms with Crippen molar-refractivity contribution >= 4 is 0 Å². The third-order valence-electron chi connectivity index (χ3n) is 7.44. The van der Waals surface area contributed by atoms with E-state index in [2.05, 4.69) is 26.0 Å². The summed E-state index contributed by atoms with van der Waals surface area (Å²) in [6.07, 6.45) is 44.1. The summed E-state index contributed by atoms with van der Waals surface area (Å²) in [5.41, 5.74) is 0. The van der Waals surface area contributed by atoms with Crippen molar-refractivity contribution in [1.82, 2.24) is 0 Å². The predicted octanol–water partition coefficient (Wildman–Crippen LogP) is 12.5. The van der Waals surface area contributed by atoms with Crippen molar-refractivity contribution in [2.45, 2.75) is 194 Å². The Labute approximate surface area is 223 Å². The second-order valence-corrected chi connectivity index (χ2v) is 11.1. The minimum absolute atomic E-state index is 0.986. The van der Waals surface area contributed by atoms with Crippen molar-refractivity contribution in [3.63, 3.8) is 0 Å². The van der Waals surface area contributed by atoms with Gasteiger partial charge in [-0.1, -0.05) is 167 Å². The SMILES string of the molecule is CCCCCCCC/C=C\CCCCCCCCOCCCCCCCCCCCCCCCC. The number of hydrogen-bond donors (Lipinski definition) is 0. The lowest BCUT2D eigenvalue weighted by Crippen LogP contribution is -1.97. The van der Waals surface area contributed by atoms with Crippen molar-refractivity contribution in [3.05, 3.63) is 12.2 Å². The molecule has 0 heterocycles. The van der Waals surface area contributed by atoms with Crippen molar-refractivity contribution in [3.8, 4) is 0 Å². The fraction of sp³-hybridized carbons (Fsp3) is 0.941. The summed E-state index contributed by atoms with van der Waals surface area (Å²) in [4.78, 5) is 0. The van der Waals surface area contributed by atoms with Gasteiger partial charge in [-0.3, -0.25) is 0 Å². The molecule has 0 saturated heterocycles. The summed E-state index contributed by atoms with van der Waals surface area (Å²) >= 11 is 0. The minimum Gasteiger partial charge on any atom is -0.381 e. The highest BCUT2D eigenvalue weighted by molar-refractivity contribution is 4.81. The number of ether oxygens (including phenoxy) is 1. The van der Waals surface area contributed by atoms with Gasteiger partial charge in [0.2, 0.25) is 0 Å². The fourth-order valence-corrected chi connectivity index (χ4v) is 4.95. The average Bonchev–Trinajstić information content (AvgIpc) is 2.87. The largest absolute Gasteiger partial charge is 0.381 e. The summed E-state index contributed by atoms with van der Waals surface area (Å²) < 4.78 is 5.85. The Balaban J connectivity index is 3.05. The van der Waals surface area contributed by atoms with E-state index in [0.717, 1.165) is 13.2 Å². The van der Waals surface area contributed by atoms with Crippen molar-refractivity contribution < 1.29 is 4.74 Å². The molecular weight excluding hydrogens is 424 g/mol. The van der Waals surface area contributed by atoms with E-state index in [1.165, 1.54) is 180 Å². The summed E-state index contributed by atoms with van der Waals surface area (Å²) in [6.45, 7) is 6.57. The maximum Gasteiger partial charge on any atom is 0.0466 e. The van der Waals surface area contributed by atoms with Crippen LogP contribution in [0.5, 0.6) is 0 Å². The van der Waals surface area contributed by atoms with Gasteiger partial charge in [-0.25, -0.2) is 0 Å². The lowest BCUT2D eigenvalue weighted by Gasteiger charge is -2.05. The smallest absolute Gasteiger partial charge is 0.0466 e. The maximum absolute atomic E-state index is 5.85. The summed E-state index contributed by atoms with van der Waals surface area (Å²) in [7, 11) is 0. The molecule has 1 nitrogen and oxygen atoms in total. The number of hydrogen-bond acceptors (Lipinski definition) is 1. The Morgan fingerprint density at radius 1 is 0.314 bits per heavy atom. The number of unbranched alkanes of at least 4 members (excludes halogenated alkanes) is 25. The molecular formula is C34H68O. The average molecular weight is 493 g/mol. The van der Waals surface area contributed by atoms with Crippen molar-refractivity contribution in [2.75, 3.05) is 13.2 Å². The van der Waals surface area contributed by atoms with Crippen LogP contribution in [0.25, 0.3) is 0 Å². The van der Waals surface area contributed by atoms with E-state index in [0.29, 0.717) is 0 Å². The van der Waals surface area contributed by atoms with Crippen LogP contribution in [0.15, 0.2) is 12.2 Å². The van der Waals surface area contributed by atoms with E-state index in [4.69, 9.17) is 4.74 Å². The van der Waals surface area contributed by atoms with E-state index in [9.17, 15) is 0 Å². The van der Waals surface area contributed by atoms with Gasteiger partial charge < -0.3 is 4.74 Å².